The van der Waals surface area contributed by atoms with Gasteiger partial charge in [0.2, 0.25) is 0 Å². The van der Waals surface area contributed by atoms with Crippen molar-refractivity contribution in [3.63, 3.8) is 0 Å². The number of halogens is 4. The lowest BCUT2D eigenvalue weighted by molar-refractivity contribution is -0.116. The Balaban J connectivity index is 0.000000167. The first-order valence-electron chi connectivity index (χ1n) is 24.1. The maximum atomic E-state index is 13.7. The first-order chi connectivity index (χ1) is 37.0. The summed E-state index contributed by atoms with van der Waals surface area (Å²) in [5.74, 6) is -0.168. The van der Waals surface area contributed by atoms with E-state index in [4.69, 9.17) is 21.1 Å². The number of carbonyl (C=O) groups is 3. The van der Waals surface area contributed by atoms with Gasteiger partial charge >= 0.3 is 0 Å². The van der Waals surface area contributed by atoms with Crippen molar-refractivity contribution in [3.8, 4) is 28.5 Å². The molecule has 0 saturated carbocycles. The number of hydrogen-bond acceptors (Lipinski definition) is 12. The second-order valence-electron chi connectivity index (χ2n) is 17.6. The molecule has 2 N–H and O–H groups in total. The number of anilines is 2. The number of benzene rings is 6. The predicted octanol–water partition coefficient (Wildman–Crippen LogP) is 15.6. The molecule has 10 nitrogen and oxygen atoms in total. The Morgan fingerprint density at radius 3 is 2.00 bits per heavy atom. The van der Waals surface area contributed by atoms with Crippen LogP contribution in [-0.4, -0.2) is 51.6 Å². The van der Waals surface area contributed by atoms with Crippen LogP contribution in [0.3, 0.4) is 0 Å². The minimum absolute atomic E-state index is 0.000755. The number of phenols is 1. The van der Waals surface area contributed by atoms with Gasteiger partial charge in [0.15, 0.2) is 16.7 Å². The van der Waals surface area contributed by atoms with Crippen molar-refractivity contribution in [2.75, 3.05) is 19.5 Å². The Bertz CT molecular complexity index is 3370. The Morgan fingerprint density at radius 1 is 0.701 bits per heavy atom. The summed E-state index contributed by atoms with van der Waals surface area (Å²) in [6, 6.07) is 41.8. The molecule has 3 heterocycles. The standard InChI is InChI=1S/C16H17NO2.C15H15Br.C15H14ClNO3S.C15H10F2N2OS/c1-11-7-8-14(16(9-11)19-3)15(18)10-13-6-4-5-12(2)17-13;1-12-2-4-13(5-3-12)6-7-14-8-10-15(16)11-9-14;1-9(18)5-10-6-14(20-2)11(7-12(10)16)13(19)8-15-17-3-4-21-15;16-9-4-5-12(13(17)6-9)14-8-21-15(19-14)18-10-2-1-3-11(20)7-10/h4-9H,10H2,1-3H3;2-5,8-11H,6-7H2,1H3;3-4,6-7H,5,8H2,1-2H3;1-8,20H,(H,18,19). The molecule has 9 aromatic rings. The van der Waals surface area contributed by atoms with Gasteiger partial charge in [-0.15, -0.1) is 22.7 Å². The number of nitrogens with zero attached hydrogens (tertiary/aromatic N) is 3. The van der Waals surface area contributed by atoms with Crippen molar-refractivity contribution < 1.29 is 37.7 Å². The summed E-state index contributed by atoms with van der Waals surface area (Å²) in [5, 5.41) is 17.6. The molecule has 77 heavy (non-hydrogen) atoms. The van der Waals surface area contributed by atoms with Gasteiger partial charge in [-0.05, 0) is 136 Å². The molecular weight excluding hydrogens is 1100 g/mol. The maximum Gasteiger partial charge on any atom is 0.187 e. The fourth-order valence-corrected chi connectivity index (χ4v) is 9.34. The summed E-state index contributed by atoms with van der Waals surface area (Å²) in [7, 11) is 3.07. The van der Waals surface area contributed by atoms with Gasteiger partial charge in [-0.25, -0.2) is 18.7 Å². The van der Waals surface area contributed by atoms with E-state index < -0.39 is 11.6 Å². The van der Waals surface area contributed by atoms with E-state index in [1.54, 1.807) is 55.1 Å². The molecule has 0 atom stereocenters. The molecule has 0 radical (unpaired) electrons. The van der Waals surface area contributed by atoms with Gasteiger partial charge in [-0.2, -0.15) is 0 Å². The minimum Gasteiger partial charge on any atom is -0.508 e. The van der Waals surface area contributed by atoms with Crippen LogP contribution in [0.15, 0.2) is 161 Å². The fraction of sp³-hybridized carbons (Fsp3) is 0.180. The summed E-state index contributed by atoms with van der Waals surface area (Å²) in [4.78, 5) is 48.6. The van der Waals surface area contributed by atoms with Crippen molar-refractivity contribution in [2.45, 2.75) is 59.8 Å². The van der Waals surface area contributed by atoms with E-state index in [1.807, 2.05) is 55.6 Å². The van der Waals surface area contributed by atoms with Crippen LogP contribution < -0.4 is 14.8 Å². The first kappa shape index (κ1) is 58.8. The monoisotopic (exact) mass is 1160 g/mol. The van der Waals surface area contributed by atoms with Gasteiger partial charge in [0.05, 0.1) is 43.9 Å². The van der Waals surface area contributed by atoms with Crippen LogP contribution in [-0.2, 0) is 36.9 Å². The minimum atomic E-state index is -0.649. The van der Waals surface area contributed by atoms with Gasteiger partial charge in [-0.1, -0.05) is 87.7 Å². The average molecular weight is 1160 g/mol. The van der Waals surface area contributed by atoms with Gasteiger partial charge < -0.3 is 19.9 Å². The van der Waals surface area contributed by atoms with Crippen LogP contribution in [0.2, 0.25) is 5.02 Å². The van der Waals surface area contributed by atoms with E-state index in [-0.39, 0.29) is 41.5 Å². The summed E-state index contributed by atoms with van der Waals surface area (Å²) >= 11 is 12.3. The van der Waals surface area contributed by atoms with Crippen LogP contribution in [0.5, 0.6) is 17.2 Å². The van der Waals surface area contributed by atoms with Gasteiger partial charge in [0, 0.05) is 67.6 Å². The second-order valence-corrected chi connectivity index (χ2v) is 20.7. The molecule has 0 fully saturated rings. The van der Waals surface area contributed by atoms with Gasteiger partial charge in [0.25, 0.3) is 0 Å². The summed E-state index contributed by atoms with van der Waals surface area (Å²) in [6.45, 7) is 7.50. The number of Topliss-reactive ketones (excluding diaryl/α,β-unsaturated/α-hetero) is 3. The topological polar surface area (TPSA) is 141 Å². The van der Waals surface area contributed by atoms with Crippen molar-refractivity contribution >= 4 is 78.4 Å². The quantitative estimate of drug-likeness (QED) is 0.0899. The highest BCUT2D eigenvalue weighted by Gasteiger charge is 2.19. The van der Waals surface area contributed by atoms with E-state index in [1.165, 1.54) is 65.5 Å². The number of methoxy groups -OCH3 is 2. The van der Waals surface area contributed by atoms with Gasteiger partial charge in [-0.3, -0.25) is 19.4 Å². The third-order valence-electron chi connectivity index (χ3n) is 11.4. The van der Waals surface area contributed by atoms with Crippen LogP contribution in [0.4, 0.5) is 19.6 Å². The van der Waals surface area contributed by atoms with Crippen LogP contribution in [0.1, 0.15) is 71.9 Å². The number of thiazole rings is 2. The zero-order valence-electron chi connectivity index (χ0n) is 43.2. The van der Waals surface area contributed by atoms with E-state index in [0.717, 1.165) is 45.3 Å². The molecule has 9 rings (SSSR count). The molecule has 16 heteroatoms. The van der Waals surface area contributed by atoms with E-state index in [0.29, 0.717) is 56.1 Å². The van der Waals surface area contributed by atoms with Crippen LogP contribution >= 0.6 is 50.2 Å². The molecule has 0 spiro atoms. The number of pyridine rings is 1. The molecule has 3 aromatic heterocycles. The lowest BCUT2D eigenvalue weighted by Crippen LogP contribution is -2.07. The molecule has 0 aliphatic carbocycles. The Morgan fingerprint density at radius 2 is 1.36 bits per heavy atom. The number of aryl methyl sites for hydroxylation is 5. The molecular formula is C61H56BrClF2N4O6S2. The fourth-order valence-electron chi connectivity index (χ4n) is 7.50. The highest BCUT2D eigenvalue weighted by atomic mass is 79.9. The Kier molecular flexibility index (Phi) is 22.3. The van der Waals surface area contributed by atoms with Crippen molar-refractivity contribution in [3.05, 3.63) is 233 Å². The number of ketones is 3. The lowest BCUT2D eigenvalue weighted by Gasteiger charge is -2.11. The molecule has 0 unspecified atom stereocenters. The Labute approximate surface area is 469 Å². The smallest absolute Gasteiger partial charge is 0.187 e. The summed E-state index contributed by atoms with van der Waals surface area (Å²) < 4.78 is 38.3. The van der Waals surface area contributed by atoms with Crippen molar-refractivity contribution in [1.82, 2.24) is 15.0 Å². The number of ether oxygens (including phenoxy) is 2. The zero-order valence-corrected chi connectivity index (χ0v) is 47.2. The van der Waals surface area contributed by atoms with Crippen molar-refractivity contribution in [2.24, 2.45) is 0 Å². The highest BCUT2D eigenvalue weighted by Crippen LogP contribution is 2.31. The van der Waals surface area contributed by atoms with Crippen LogP contribution in [0, 0.1) is 32.4 Å². The predicted molar refractivity (Wildman–Crippen MR) is 309 cm³/mol. The second kappa shape index (κ2) is 29.2. The molecule has 0 aliphatic rings. The molecule has 0 bridgehead atoms. The lowest BCUT2D eigenvalue weighted by atomic mass is 10.0. The van der Waals surface area contributed by atoms with Gasteiger partial charge in [0.1, 0.15) is 39.7 Å². The molecule has 6 aromatic carbocycles. The average Bonchev–Trinajstić information content (AvgIpc) is 4.11. The number of rotatable bonds is 16. The number of phenolic OH excluding ortho intramolecular Hbond substituents is 1. The van der Waals surface area contributed by atoms with Crippen LogP contribution in [0.25, 0.3) is 11.3 Å². The third-order valence-corrected chi connectivity index (χ3v) is 13.8. The first-order valence-corrected chi connectivity index (χ1v) is 27.0. The number of aromatic hydroxyl groups is 1. The Hall–Kier alpha value is -7.43. The van der Waals surface area contributed by atoms with E-state index in [9.17, 15) is 28.3 Å². The summed E-state index contributed by atoms with van der Waals surface area (Å²) in [6.07, 6.45) is 4.60. The SMILES string of the molecule is COc1cc(C)ccc1C(=O)Cc1cccc(C)n1.COc1cc(CC(C)=O)c(Cl)cc1C(=O)Cc1nccs1.Cc1ccc(CCc2ccc(Br)cc2)cc1.Oc1cccc(Nc2nc(-c3ccc(F)cc3F)cs2)c1. The van der Waals surface area contributed by atoms with E-state index >= 15 is 0 Å². The maximum absolute atomic E-state index is 13.7. The molecule has 0 saturated heterocycles. The normalized spacial score (nSPS) is 10.4. The number of nitrogens with one attached hydrogen (secondary N) is 1. The largest absolute Gasteiger partial charge is 0.508 e. The third kappa shape index (κ3) is 18.7. The number of carbonyl (C=O) groups excluding carboxylic acids is 3. The number of aromatic nitrogens is 3. The number of hydrogen-bond donors (Lipinski definition) is 2. The highest BCUT2D eigenvalue weighted by molar-refractivity contribution is 9.10. The zero-order chi connectivity index (χ0) is 55.4. The van der Waals surface area contributed by atoms with Crippen molar-refractivity contribution in [1.29, 1.82) is 0 Å². The molecule has 0 amide bonds. The molecule has 396 valence electrons. The molecule has 0 aliphatic heterocycles. The summed E-state index contributed by atoms with van der Waals surface area (Å²) in [5.41, 5.74) is 9.93. The van der Waals surface area contributed by atoms with E-state index in [2.05, 4.69) is 91.7 Å².